The molecule has 8 heavy (non-hydrogen) atoms. The summed E-state index contributed by atoms with van der Waals surface area (Å²) in [5.74, 6) is 0. The number of rotatable bonds is 3. The van der Waals surface area contributed by atoms with E-state index in [1.807, 2.05) is 0 Å². The molecule has 1 nitrogen and oxygen atoms in total. The van der Waals surface area contributed by atoms with Crippen molar-refractivity contribution < 1.29 is 0 Å². The van der Waals surface area contributed by atoms with Crippen LogP contribution < -0.4 is 4.98 Å². The fraction of sp³-hybridized carbons (Fsp3) is 1.00. The molecule has 2 heteroatoms. The van der Waals surface area contributed by atoms with Gasteiger partial charge in [-0.3, -0.25) is 0 Å². The van der Waals surface area contributed by atoms with Gasteiger partial charge in [0.25, 0.3) is 0 Å². The Balaban J connectivity index is 3.37. The highest BCUT2D eigenvalue weighted by Crippen LogP contribution is 2.05. The third-order valence-electron chi connectivity index (χ3n) is 1.55. The quantitative estimate of drug-likeness (QED) is 0.576. The summed E-state index contributed by atoms with van der Waals surface area (Å²) >= 11 is 0. The minimum Gasteiger partial charge on any atom is -0.340 e. The molecule has 0 aliphatic carbocycles. The van der Waals surface area contributed by atoms with Crippen LogP contribution >= 0.6 is 0 Å². The first-order chi connectivity index (χ1) is 3.62. The highest BCUT2D eigenvalue weighted by molar-refractivity contribution is 6.74. The molecule has 1 N–H and O–H groups in total. The molecule has 0 atom stereocenters. The molecule has 0 heterocycles. The summed E-state index contributed by atoms with van der Waals surface area (Å²) in [6, 6.07) is 1.39. The zero-order chi connectivity index (χ0) is 6.62. The van der Waals surface area contributed by atoms with Gasteiger partial charge in [-0.2, -0.15) is 0 Å². The molecule has 0 aromatic carbocycles. The van der Waals surface area contributed by atoms with E-state index < -0.39 is 8.24 Å². The van der Waals surface area contributed by atoms with Crippen LogP contribution in [0.5, 0.6) is 0 Å². The average Bonchev–Trinajstić information content (AvgIpc) is 1.67. The lowest BCUT2D eigenvalue weighted by molar-refractivity contribution is 0.996. The Hall–Kier alpha value is 0.177. The largest absolute Gasteiger partial charge is 0.340 e. The molecule has 0 saturated heterocycles. The lowest BCUT2D eigenvalue weighted by Gasteiger charge is -2.19. The van der Waals surface area contributed by atoms with Crippen LogP contribution in [0.15, 0.2) is 0 Å². The highest BCUT2D eigenvalue weighted by Gasteiger charge is 2.15. The molecule has 0 unspecified atom stereocenters. The third-order valence-corrected chi connectivity index (χ3v) is 4.66. The number of nitrogens with one attached hydrogen (secondary N) is 1. The number of hydrogen-bond donors (Lipinski definition) is 1. The van der Waals surface area contributed by atoms with Crippen LogP contribution in [0.2, 0.25) is 19.1 Å². The molecule has 0 aliphatic heterocycles. The van der Waals surface area contributed by atoms with E-state index in [1.54, 1.807) is 0 Å². The maximum Gasteiger partial charge on any atom is 0.119 e. The minimum atomic E-state index is -0.927. The van der Waals surface area contributed by atoms with Gasteiger partial charge in [-0.05, 0) is 13.1 Å². The molecule has 0 aliphatic rings. The Labute approximate surface area is 53.6 Å². The minimum absolute atomic E-state index is 0.927. The zero-order valence-corrected chi connectivity index (χ0v) is 7.41. The van der Waals surface area contributed by atoms with Crippen molar-refractivity contribution in [1.29, 1.82) is 0 Å². The summed E-state index contributed by atoms with van der Waals surface area (Å²) in [4.78, 5) is 3.38. The van der Waals surface area contributed by atoms with Crippen molar-refractivity contribution in [2.45, 2.75) is 32.5 Å². The van der Waals surface area contributed by atoms with E-state index >= 15 is 0 Å². The summed E-state index contributed by atoms with van der Waals surface area (Å²) in [5, 5.41) is 0. The van der Waals surface area contributed by atoms with Crippen LogP contribution in [0.3, 0.4) is 0 Å². The predicted octanol–water partition coefficient (Wildman–Crippen LogP) is 1.82. The van der Waals surface area contributed by atoms with Gasteiger partial charge in [0.2, 0.25) is 0 Å². The summed E-state index contributed by atoms with van der Waals surface area (Å²) < 4.78 is 0. The van der Waals surface area contributed by atoms with Gasteiger partial charge in [0.15, 0.2) is 0 Å². The maximum absolute atomic E-state index is 3.38. The van der Waals surface area contributed by atoms with E-state index in [9.17, 15) is 0 Å². The normalized spacial score (nSPS) is 12.0. The van der Waals surface area contributed by atoms with Gasteiger partial charge in [-0.25, -0.2) is 0 Å². The van der Waals surface area contributed by atoms with E-state index in [-0.39, 0.29) is 0 Å². The van der Waals surface area contributed by atoms with E-state index in [0.717, 1.165) is 0 Å². The van der Waals surface area contributed by atoms with Gasteiger partial charge in [0.05, 0.1) is 0 Å². The van der Waals surface area contributed by atoms with Gasteiger partial charge in [0, 0.05) is 0 Å². The molecule has 0 spiro atoms. The fourth-order valence-corrected chi connectivity index (χ4v) is 2.25. The Kier molecular flexibility index (Phi) is 3.32. The topological polar surface area (TPSA) is 12.0 Å². The molecule has 0 rings (SSSR count). The van der Waals surface area contributed by atoms with Gasteiger partial charge >= 0.3 is 0 Å². The van der Waals surface area contributed by atoms with Gasteiger partial charge in [0.1, 0.15) is 8.24 Å². The van der Waals surface area contributed by atoms with E-state index in [0.29, 0.717) is 0 Å². The van der Waals surface area contributed by atoms with Crippen molar-refractivity contribution in [1.82, 2.24) is 4.98 Å². The fourth-order valence-electron chi connectivity index (χ4n) is 0.750. The van der Waals surface area contributed by atoms with Crippen LogP contribution in [-0.4, -0.2) is 15.3 Å². The molecule has 0 aromatic rings. The number of hydrogen-bond acceptors (Lipinski definition) is 1. The van der Waals surface area contributed by atoms with Crippen LogP contribution in [-0.2, 0) is 0 Å². The molecule has 0 aromatic heterocycles. The molecule has 0 radical (unpaired) electrons. The average molecular weight is 131 g/mol. The molecule has 0 saturated carbocycles. The van der Waals surface area contributed by atoms with Crippen molar-refractivity contribution in [3.05, 3.63) is 0 Å². The van der Waals surface area contributed by atoms with Crippen molar-refractivity contribution in [3.8, 4) is 0 Å². The molecule has 50 valence electrons. The van der Waals surface area contributed by atoms with Crippen molar-refractivity contribution in [3.63, 3.8) is 0 Å². The maximum atomic E-state index is 3.38. The van der Waals surface area contributed by atoms with E-state index in [2.05, 4.69) is 32.0 Å². The Bertz CT molecular complexity index is 61.5. The molecular formula is C6H17NSi. The first kappa shape index (κ1) is 8.18. The summed E-state index contributed by atoms with van der Waals surface area (Å²) in [6.45, 7) is 6.96. The molecular weight excluding hydrogens is 114 g/mol. The lowest BCUT2D eigenvalue weighted by Crippen LogP contribution is -2.41. The highest BCUT2D eigenvalue weighted by atomic mass is 28.3. The zero-order valence-electron chi connectivity index (χ0n) is 6.41. The summed E-state index contributed by atoms with van der Waals surface area (Å²) in [5.41, 5.74) is 0. The first-order valence-corrected chi connectivity index (χ1v) is 6.52. The van der Waals surface area contributed by atoms with Crippen LogP contribution in [0.25, 0.3) is 0 Å². The van der Waals surface area contributed by atoms with Gasteiger partial charge in [-0.1, -0.05) is 26.4 Å². The summed E-state index contributed by atoms with van der Waals surface area (Å²) in [7, 11) is 1.14. The monoisotopic (exact) mass is 131 g/mol. The second-order valence-electron chi connectivity index (χ2n) is 2.88. The van der Waals surface area contributed by atoms with Crippen molar-refractivity contribution in [2.24, 2.45) is 0 Å². The smallest absolute Gasteiger partial charge is 0.119 e. The van der Waals surface area contributed by atoms with Crippen LogP contribution in [0, 0.1) is 0 Å². The molecule has 0 fully saturated rings. The third kappa shape index (κ3) is 3.21. The van der Waals surface area contributed by atoms with E-state index in [4.69, 9.17) is 0 Å². The first-order valence-electron chi connectivity index (χ1n) is 3.31. The second kappa shape index (κ2) is 3.25. The Morgan fingerprint density at radius 3 is 2.00 bits per heavy atom. The Morgan fingerprint density at radius 2 is 1.88 bits per heavy atom. The lowest BCUT2D eigenvalue weighted by atomic mass is 10.6. The predicted molar refractivity (Wildman–Crippen MR) is 41.6 cm³/mol. The standard InChI is InChI=1S/C6H17NSi/c1-5-6-8(3,4)7-2/h7H,5-6H2,1-4H3. The molecule has 0 bridgehead atoms. The van der Waals surface area contributed by atoms with Crippen LogP contribution in [0.1, 0.15) is 13.3 Å². The van der Waals surface area contributed by atoms with Gasteiger partial charge in [-0.15, -0.1) is 0 Å². The van der Waals surface area contributed by atoms with Gasteiger partial charge < -0.3 is 4.98 Å². The molecule has 0 amide bonds. The Morgan fingerprint density at radius 1 is 1.38 bits per heavy atom. The van der Waals surface area contributed by atoms with Crippen molar-refractivity contribution in [2.75, 3.05) is 7.05 Å². The van der Waals surface area contributed by atoms with Crippen molar-refractivity contribution >= 4 is 8.24 Å². The van der Waals surface area contributed by atoms with E-state index in [1.165, 1.54) is 12.5 Å². The summed E-state index contributed by atoms with van der Waals surface area (Å²) in [6.07, 6.45) is 1.32. The second-order valence-corrected chi connectivity index (χ2v) is 7.65. The van der Waals surface area contributed by atoms with Crippen LogP contribution in [0.4, 0.5) is 0 Å². The SMILES string of the molecule is CCC[Si](C)(C)NC.